The predicted molar refractivity (Wildman–Crippen MR) is 94.1 cm³/mol. The number of halogens is 1. The summed E-state index contributed by atoms with van der Waals surface area (Å²) in [6.07, 6.45) is 0. The van der Waals surface area contributed by atoms with Crippen molar-refractivity contribution in [1.29, 1.82) is 0 Å². The molecule has 2 aliphatic heterocycles. The lowest BCUT2D eigenvalue weighted by atomic mass is 10.1. The van der Waals surface area contributed by atoms with Gasteiger partial charge in [-0.15, -0.1) is 0 Å². The van der Waals surface area contributed by atoms with E-state index in [9.17, 15) is 4.79 Å². The summed E-state index contributed by atoms with van der Waals surface area (Å²) in [6.45, 7) is 2.51. The minimum atomic E-state index is 0. The van der Waals surface area contributed by atoms with E-state index >= 15 is 0 Å². The topological polar surface area (TPSA) is 23.3 Å². The molecule has 1 unspecified atom stereocenters. The number of Topliss-reactive ketones (excluding diaryl/α,β-unsaturated/α-hetero) is 1. The molecule has 24 heavy (non-hydrogen) atoms. The van der Waals surface area contributed by atoms with Crippen molar-refractivity contribution in [2.45, 2.75) is 6.04 Å². The van der Waals surface area contributed by atoms with Gasteiger partial charge in [0, 0.05) is 16.9 Å². The van der Waals surface area contributed by atoms with E-state index in [0.29, 0.717) is 6.54 Å². The molecule has 2 aromatic carbocycles. The summed E-state index contributed by atoms with van der Waals surface area (Å²) < 4.78 is 2.42. The van der Waals surface area contributed by atoms with Crippen LogP contribution in [0.3, 0.4) is 0 Å². The Morgan fingerprint density at radius 2 is 1.75 bits per heavy atom. The minimum absolute atomic E-state index is 0. The van der Waals surface area contributed by atoms with Crippen molar-refractivity contribution >= 4 is 22.7 Å². The first-order chi connectivity index (χ1) is 11.3. The fourth-order valence-electron chi connectivity index (χ4n) is 3.32. The first-order valence-corrected chi connectivity index (χ1v) is 8.96. The molecule has 0 spiro atoms. The van der Waals surface area contributed by atoms with E-state index in [1.165, 1.54) is 10.7 Å². The van der Waals surface area contributed by atoms with Crippen LogP contribution in [0, 0.1) is 0 Å². The summed E-state index contributed by atoms with van der Waals surface area (Å²) in [5, 5.41) is 1.27. The number of carbonyl (C=O) groups excluding carboxylic acids is 1. The molecule has 4 rings (SSSR count). The first kappa shape index (κ1) is 17.2. The SMILES string of the molecule is O=C(CN1C2=[N+](CCS2)CC1c1ccccc1)c1ccccc1.[Br-]. The van der Waals surface area contributed by atoms with Crippen molar-refractivity contribution in [3.05, 3.63) is 71.8 Å². The smallest absolute Gasteiger partial charge is 0.309 e. The van der Waals surface area contributed by atoms with Crippen LogP contribution in [0.5, 0.6) is 0 Å². The molecule has 124 valence electrons. The zero-order valence-electron chi connectivity index (χ0n) is 13.3. The van der Waals surface area contributed by atoms with Gasteiger partial charge in [0.15, 0.2) is 6.04 Å². The van der Waals surface area contributed by atoms with E-state index in [1.807, 2.05) is 48.2 Å². The molecular formula is C19H19BrN2OS. The van der Waals surface area contributed by atoms with Gasteiger partial charge in [0.25, 0.3) is 0 Å². The molecule has 2 heterocycles. The molecule has 3 nitrogen and oxygen atoms in total. The number of thioether (sulfide) groups is 1. The van der Waals surface area contributed by atoms with Crippen LogP contribution in [0.4, 0.5) is 0 Å². The monoisotopic (exact) mass is 402 g/mol. The molecule has 5 heteroatoms. The Labute approximate surface area is 157 Å². The normalized spacial score (nSPS) is 19.2. The summed E-state index contributed by atoms with van der Waals surface area (Å²) in [5.74, 6) is 1.31. The average Bonchev–Trinajstić information content (AvgIpc) is 3.19. The van der Waals surface area contributed by atoms with Crippen LogP contribution in [0.15, 0.2) is 60.7 Å². The number of nitrogens with zero attached hydrogens (tertiary/aromatic N) is 2. The van der Waals surface area contributed by atoms with E-state index in [2.05, 4.69) is 33.7 Å². The van der Waals surface area contributed by atoms with Gasteiger partial charge in [-0.2, -0.15) is 0 Å². The molecule has 0 fully saturated rings. The fraction of sp³-hybridized carbons (Fsp3) is 0.263. The molecule has 0 saturated carbocycles. The Balaban J connectivity index is 0.00000169. The quantitative estimate of drug-likeness (QED) is 0.533. The maximum absolute atomic E-state index is 12.7. The van der Waals surface area contributed by atoms with E-state index in [1.54, 1.807) is 0 Å². The van der Waals surface area contributed by atoms with Crippen molar-refractivity contribution in [2.24, 2.45) is 0 Å². The van der Waals surface area contributed by atoms with Gasteiger partial charge in [-0.1, -0.05) is 60.7 Å². The molecule has 2 aliphatic rings. The number of carbonyl (C=O) groups is 1. The zero-order valence-corrected chi connectivity index (χ0v) is 15.7. The zero-order chi connectivity index (χ0) is 15.6. The summed E-state index contributed by atoms with van der Waals surface area (Å²) >= 11 is 1.87. The van der Waals surface area contributed by atoms with Crippen molar-refractivity contribution < 1.29 is 26.4 Å². The lowest BCUT2D eigenvalue weighted by Crippen LogP contribution is -3.00. The van der Waals surface area contributed by atoms with Crippen LogP contribution >= 0.6 is 11.8 Å². The van der Waals surface area contributed by atoms with Gasteiger partial charge in [0.05, 0.1) is 6.54 Å². The van der Waals surface area contributed by atoms with Gasteiger partial charge >= 0.3 is 5.17 Å². The molecule has 0 amide bonds. The van der Waals surface area contributed by atoms with Crippen LogP contribution in [-0.2, 0) is 0 Å². The highest BCUT2D eigenvalue weighted by molar-refractivity contribution is 8.13. The molecule has 0 N–H and O–H groups in total. The summed E-state index contributed by atoms with van der Waals surface area (Å²) in [5.41, 5.74) is 2.08. The van der Waals surface area contributed by atoms with Gasteiger partial charge in [-0.05, 0) is 11.8 Å². The van der Waals surface area contributed by atoms with Gasteiger partial charge in [-0.25, -0.2) is 4.90 Å². The molecule has 0 radical (unpaired) electrons. The highest BCUT2D eigenvalue weighted by atomic mass is 79.9. The van der Waals surface area contributed by atoms with Gasteiger partial charge in [0.1, 0.15) is 13.1 Å². The van der Waals surface area contributed by atoms with Gasteiger partial charge in [0.2, 0.25) is 5.78 Å². The van der Waals surface area contributed by atoms with Crippen molar-refractivity contribution in [1.82, 2.24) is 4.90 Å². The molecule has 0 saturated heterocycles. The van der Waals surface area contributed by atoms with Crippen molar-refractivity contribution in [2.75, 3.05) is 25.4 Å². The largest absolute Gasteiger partial charge is 1.00 e. The number of rotatable bonds is 4. The average molecular weight is 403 g/mol. The Bertz CT molecular complexity index is 748. The highest BCUT2D eigenvalue weighted by Crippen LogP contribution is 2.33. The maximum atomic E-state index is 12.7. The Hall–Kier alpha value is -1.59. The van der Waals surface area contributed by atoms with Crippen LogP contribution < -0.4 is 17.0 Å². The van der Waals surface area contributed by atoms with Crippen molar-refractivity contribution in [3.8, 4) is 0 Å². The number of hydrogen-bond donors (Lipinski definition) is 0. The number of amidine groups is 1. The third-order valence-corrected chi connectivity index (χ3v) is 5.61. The third-order valence-electron chi connectivity index (χ3n) is 4.47. The van der Waals surface area contributed by atoms with Crippen LogP contribution in [0.25, 0.3) is 0 Å². The second kappa shape index (κ2) is 7.53. The van der Waals surface area contributed by atoms with E-state index in [0.717, 1.165) is 24.4 Å². The predicted octanol–water partition coefficient (Wildman–Crippen LogP) is 0.0455. The summed E-state index contributed by atoms with van der Waals surface area (Å²) in [4.78, 5) is 15.0. The second-order valence-corrected chi connectivity index (χ2v) is 6.98. The van der Waals surface area contributed by atoms with E-state index in [-0.39, 0.29) is 28.8 Å². The molecule has 0 aromatic heterocycles. The Morgan fingerprint density at radius 3 is 2.46 bits per heavy atom. The highest BCUT2D eigenvalue weighted by Gasteiger charge is 2.44. The Kier molecular flexibility index (Phi) is 5.41. The first-order valence-electron chi connectivity index (χ1n) is 7.97. The maximum Gasteiger partial charge on any atom is 0.309 e. The molecule has 0 aliphatic carbocycles. The summed E-state index contributed by atoms with van der Waals surface area (Å²) in [7, 11) is 0. The number of benzene rings is 2. The van der Waals surface area contributed by atoms with Crippen LogP contribution in [0.2, 0.25) is 0 Å². The number of ketones is 1. The summed E-state index contributed by atoms with van der Waals surface area (Å²) in [6, 6.07) is 20.4. The second-order valence-electron chi connectivity index (χ2n) is 5.92. The van der Waals surface area contributed by atoms with Crippen molar-refractivity contribution in [3.63, 3.8) is 0 Å². The van der Waals surface area contributed by atoms with Crippen LogP contribution in [0.1, 0.15) is 22.0 Å². The number of hydrogen-bond acceptors (Lipinski definition) is 3. The van der Waals surface area contributed by atoms with E-state index < -0.39 is 0 Å². The molecule has 0 bridgehead atoms. The molecule has 2 aromatic rings. The standard InChI is InChI=1S/C19H19N2OS.BrH/c22-18(16-9-5-2-6-10-16)14-21-17(15-7-3-1-4-8-15)13-20-11-12-23-19(20)21;/h1-10,17H,11-14H2;1H/q+1;/p-1. The molecular weight excluding hydrogens is 384 g/mol. The van der Waals surface area contributed by atoms with Crippen LogP contribution in [-0.4, -0.2) is 45.8 Å². The minimum Gasteiger partial charge on any atom is -1.00 e. The Morgan fingerprint density at radius 1 is 1.08 bits per heavy atom. The van der Waals surface area contributed by atoms with Gasteiger partial charge < -0.3 is 17.0 Å². The van der Waals surface area contributed by atoms with Gasteiger partial charge in [-0.3, -0.25) is 9.37 Å². The lowest BCUT2D eigenvalue weighted by molar-refractivity contribution is -0.511. The fourth-order valence-corrected chi connectivity index (χ4v) is 4.52. The molecule has 1 atom stereocenters. The third kappa shape index (κ3) is 3.28. The van der Waals surface area contributed by atoms with E-state index in [4.69, 9.17) is 0 Å². The lowest BCUT2D eigenvalue weighted by Gasteiger charge is -2.20.